The number of rotatable bonds is 5. The number of nitrogens with zero attached hydrogens (tertiary/aromatic N) is 1. The van der Waals surface area contributed by atoms with E-state index in [9.17, 15) is 0 Å². The van der Waals surface area contributed by atoms with Gasteiger partial charge in [0.1, 0.15) is 0 Å². The van der Waals surface area contributed by atoms with Crippen LogP contribution in [0.1, 0.15) is 18.4 Å². The van der Waals surface area contributed by atoms with Crippen LogP contribution in [-0.2, 0) is 6.54 Å². The van der Waals surface area contributed by atoms with E-state index in [1.54, 1.807) is 0 Å². The molecule has 0 bridgehead atoms. The molecule has 1 atom stereocenters. The van der Waals surface area contributed by atoms with Gasteiger partial charge in [0.15, 0.2) is 0 Å². The van der Waals surface area contributed by atoms with Crippen LogP contribution in [0.25, 0.3) is 10.8 Å². The molecule has 1 unspecified atom stereocenters. The molecule has 1 fully saturated rings. The van der Waals surface area contributed by atoms with Crippen molar-refractivity contribution >= 4 is 10.8 Å². The predicted molar refractivity (Wildman–Crippen MR) is 81.0 cm³/mol. The highest BCUT2D eigenvalue weighted by molar-refractivity contribution is 5.85. The second-order valence-corrected chi connectivity index (χ2v) is 5.69. The molecule has 1 saturated carbocycles. The number of likely N-dealkylation sites (N-methyl/N-ethyl adjacent to an activating group) is 1. The molecule has 0 aromatic heterocycles. The van der Waals surface area contributed by atoms with E-state index in [1.165, 1.54) is 29.2 Å². The second kappa shape index (κ2) is 5.32. The lowest BCUT2D eigenvalue weighted by Crippen LogP contribution is -2.39. The maximum atomic E-state index is 5.94. The Labute approximate surface area is 115 Å². The number of fused-ring (bicyclic) bond motifs is 1. The van der Waals surface area contributed by atoms with Crippen molar-refractivity contribution in [2.75, 3.05) is 13.6 Å². The van der Waals surface area contributed by atoms with Crippen molar-refractivity contribution in [1.82, 2.24) is 4.90 Å². The molecule has 2 aromatic rings. The second-order valence-electron chi connectivity index (χ2n) is 5.69. The Hall–Kier alpha value is -1.38. The van der Waals surface area contributed by atoms with Gasteiger partial charge >= 0.3 is 0 Å². The zero-order valence-corrected chi connectivity index (χ0v) is 11.5. The molecule has 100 valence electrons. The van der Waals surface area contributed by atoms with E-state index in [0.717, 1.165) is 19.0 Å². The summed E-state index contributed by atoms with van der Waals surface area (Å²) in [6, 6.07) is 15.7. The smallest absolute Gasteiger partial charge is 0.0247 e. The molecule has 1 aliphatic carbocycles. The topological polar surface area (TPSA) is 29.3 Å². The normalized spacial score (nSPS) is 17.0. The standard InChI is InChI=1S/C17H22N2/c1-19(17(11-18)14-9-10-14)12-15-7-4-6-13-5-2-3-8-16(13)15/h2-8,14,17H,9-12,18H2,1H3. The Morgan fingerprint density at radius 2 is 1.89 bits per heavy atom. The van der Waals surface area contributed by atoms with Crippen LogP contribution in [0.5, 0.6) is 0 Å². The van der Waals surface area contributed by atoms with E-state index in [2.05, 4.69) is 54.4 Å². The van der Waals surface area contributed by atoms with Crippen LogP contribution in [0.15, 0.2) is 42.5 Å². The molecule has 3 rings (SSSR count). The third-order valence-corrected chi connectivity index (χ3v) is 4.27. The van der Waals surface area contributed by atoms with Crippen molar-refractivity contribution in [3.05, 3.63) is 48.0 Å². The van der Waals surface area contributed by atoms with Crippen LogP contribution in [0.2, 0.25) is 0 Å². The van der Waals surface area contributed by atoms with E-state index in [0.29, 0.717) is 6.04 Å². The molecule has 0 saturated heterocycles. The third kappa shape index (κ3) is 2.65. The first-order chi connectivity index (χ1) is 9.29. The maximum absolute atomic E-state index is 5.94. The Morgan fingerprint density at radius 1 is 1.16 bits per heavy atom. The van der Waals surface area contributed by atoms with Crippen LogP contribution < -0.4 is 5.73 Å². The van der Waals surface area contributed by atoms with Crippen LogP contribution in [0, 0.1) is 5.92 Å². The summed E-state index contributed by atoms with van der Waals surface area (Å²) < 4.78 is 0. The van der Waals surface area contributed by atoms with Crippen molar-refractivity contribution in [2.24, 2.45) is 11.7 Å². The van der Waals surface area contributed by atoms with Gasteiger partial charge in [0, 0.05) is 19.1 Å². The Bertz CT molecular complexity index is 555. The zero-order chi connectivity index (χ0) is 13.2. The van der Waals surface area contributed by atoms with Crippen molar-refractivity contribution < 1.29 is 0 Å². The number of hydrogen-bond acceptors (Lipinski definition) is 2. The summed E-state index contributed by atoms with van der Waals surface area (Å²) in [4.78, 5) is 2.43. The Balaban J connectivity index is 1.84. The summed E-state index contributed by atoms with van der Waals surface area (Å²) in [5.41, 5.74) is 7.34. The van der Waals surface area contributed by atoms with E-state index in [4.69, 9.17) is 5.73 Å². The van der Waals surface area contributed by atoms with E-state index in [1.807, 2.05) is 0 Å². The SMILES string of the molecule is CN(Cc1cccc2ccccc12)C(CN)C1CC1. The predicted octanol–water partition coefficient (Wildman–Crippen LogP) is 3.01. The largest absolute Gasteiger partial charge is 0.329 e. The lowest BCUT2D eigenvalue weighted by molar-refractivity contribution is 0.216. The fourth-order valence-corrected chi connectivity index (χ4v) is 3.03. The minimum absolute atomic E-state index is 0.541. The van der Waals surface area contributed by atoms with Gasteiger partial charge in [-0.25, -0.2) is 0 Å². The molecule has 0 aliphatic heterocycles. The highest BCUT2D eigenvalue weighted by Crippen LogP contribution is 2.35. The summed E-state index contributed by atoms with van der Waals surface area (Å²) in [7, 11) is 2.21. The van der Waals surface area contributed by atoms with Crippen LogP contribution in [0.4, 0.5) is 0 Å². The van der Waals surface area contributed by atoms with Crippen molar-refractivity contribution in [3.8, 4) is 0 Å². The molecule has 0 amide bonds. The minimum atomic E-state index is 0.541. The van der Waals surface area contributed by atoms with Gasteiger partial charge in [0.05, 0.1) is 0 Å². The molecule has 1 aliphatic rings. The first kappa shape index (κ1) is 12.6. The lowest BCUT2D eigenvalue weighted by atomic mass is 10.0. The average Bonchev–Trinajstić information content (AvgIpc) is 3.25. The molecular weight excluding hydrogens is 232 g/mol. The molecule has 2 aromatic carbocycles. The fourth-order valence-electron chi connectivity index (χ4n) is 3.03. The van der Waals surface area contributed by atoms with Crippen LogP contribution in [0.3, 0.4) is 0 Å². The molecule has 19 heavy (non-hydrogen) atoms. The van der Waals surface area contributed by atoms with Gasteiger partial charge in [-0.15, -0.1) is 0 Å². The summed E-state index contributed by atoms with van der Waals surface area (Å²) in [6.45, 7) is 1.76. The molecule has 2 N–H and O–H groups in total. The third-order valence-electron chi connectivity index (χ3n) is 4.27. The Morgan fingerprint density at radius 3 is 2.63 bits per heavy atom. The fraction of sp³-hybridized carbons (Fsp3) is 0.412. The van der Waals surface area contributed by atoms with Crippen LogP contribution in [-0.4, -0.2) is 24.5 Å². The first-order valence-corrected chi connectivity index (χ1v) is 7.16. The van der Waals surface area contributed by atoms with E-state index < -0.39 is 0 Å². The van der Waals surface area contributed by atoms with Gasteiger partial charge in [0.2, 0.25) is 0 Å². The van der Waals surface area contributed by atoms with Gasteiger partial charge in [-0.1, -0.05) is 42.5 Å². The monoisotopic (exact) mass is 254 g/mol. The number of benzene rings is 2. The van der Waals surface area contributed by atoms with Crippen molar-refractivity contribution in [3.63, 3.8) is 0 Å². The van der Waals surface area contributed by atoms with Gasteiger partial charge in [-0.05, 0) is 42.1 Å². The highest BCUT2D eigenvalue weighted by Gasteiger charge is 2.32. The van der Waals surface area contributed by atoms with Crippen LogP contribution >= 0.6 is 0 Å². The summed E-state index contributed by atoms with van der Waals surface area (Å²) in [6.07, 6.45) is 2.70. The molecule has 0 radical (unpaired) electrons. The molecule has 0 spiro atoms. The molecule has 2 heteroatoms. The van der Waals surface area contributed by atoms with Gasteiger partial charge < -0.3 is 5.73 Å². The highest BCUT2D eigenvalue weighted by atomic mass is 15.1. The quantitative estimate of drug-likeness (QED) is 0.888. The first-order valence-electron chi connectivity index (χ1n) is 7.16. The maximum Gasteiger partial charge on any atom is 0.0247 e. The van der Waals surface area contributed by atoms with Gasteiger partial charge in [0.25, 0.3) is 0 Å². The van der Waals surface area contributed by atoms with Crippen molar-refractivity contribution in [2.45, 2.75) is 25.4 Å². The summed E-state index contributed by atoms with van der Waals surface area (Å²) in [5.74, 6) is 0.824. The summed E-state index contributed by atoms with van der Waals surface area (Å²) in [5, 5.41) is 2.69. The van der Waals surface area contributed by atoms with Gasteiger partial charge in [-0.2, -0.15) is 0 Å². The lowest BCUT2D eigenvalue weighted by Gasteiger charge is -2.27. The zero-order valence-electron chi connectivity index (χ0n) is 11.5. The average molecular weight is 254 g/mol. The molecular formula is C17H22N2. The molecule has 0 heterocycles. The van der Waals surface area contributed by atoms with Crippen molar-refractivity contribution in [1.29, 1.82) is 0 Å². The Kier molecular flexibility index (Phi) is 3.54. The molecule has 2 nitrogen and oxygen atoms in total. The minimum Gasteiger partial charge on any atom is -0.329 e. The van der Waals surface area contributed by atoms with E-state index >= 15 is 0 Å². The number of hydrogen-bond donors (Lipinski definition) is 1. The van der Waals surface area contributed by atoms with E-state index in [-0.39, 0.29) is 0 Å². The summed E-state index contributed by atoms with van der Waals surface area (Å²) >= 11 is 0. The van der Waals surface area contributed by atoms with Gasteiger partial charge in [-0.3, -0.25) is 4.90 Å². The number of nitrogens with two attached hydrogens (primary N) is 1.